The molecule has 0 aromatic carbocycles. The van der Waals surface area contributed by atoms with Crippen LogP contribution in [0.5, 0.6) is 0 Å². The van der Waals surface area contributed by atoms with Crippen LogP contribution in [0.15, 0.2) is 10.7 Å². The maximum absolute atomic E-state index is 11.1. The molecular formula is C10H15NO3. The number of rotatable bonds is 4. The smallest absolute Gasteiger partial charge is 0.315 e. The van der Waals surface area contributed by atoms with E-state index in [9.17, 15) is 4.79 Å². The van der Waals surface area contributed by atoms with Crippen LogP contribution in [0.3, 0.4) is 0 Å². The fourth-order valence-electron chi connectivity index (χ4n) is 1.01. The Kier molecular flexibility index (Phi) is 3.68. The first kappa shape index (κ1) is 10.8. The van der Waals surface area contributed by atoms with Gasteiger partial charge in [0, 0.05) is 0 Å². The average Bonchev–Trinajstić information content (AvgIpc) is 2.53. The maximum Gasteiger partial charge on any atom is 0.315 e. The minimum atomic E-state index is -0.301. The third-order valence-electron chi connectivity index (χ3n) is 1.76. The van der Waals surface area contributed by atoms with E-state index in [1.54, 1.807) is 13.2 Å². The van der Waals surface area contributed by atoms with Gasteiger partial charge in [-0.1, -0.05) is 13.8 Å². The Hall–Kier alpha value is -1.32. The van der Waals surface area contributed by atoms with Crippen LogP contribution in [0.25, 0.3) is 0 Å². The van der Waals surface area contributed by atoms with Crippen LogP contribution in [0.2, 0.25) is 0 Å². The maximum atomic E-state index is 11.1. The largest absolute Gasteiger partial charge is 0.466 e. The fourth-order valence-corrected chi connectivity index (χ4v) is 1.01. The third-order valence-corrected chi connectivity index (χ3v) is 1.76. The Labute approximate surface area is 83.3 Å². The summed E-state index contributed by atoms with van der Waals surface area (Å²) in [5.41, 5.74) is 0.865. The lowest BCUT2D eigenvalue weighted by Crippen LogP contribution is -2.07. The first-order valence-electron chi connectivity index (χ1n) is 4.73. The highest BCUT2D eigenvalue weighted by Crippen LogP contribution is 2.13. The summed E-state index contributed by atoms with van der Waals surface area (Å²) in [6.07, 6.45) is 1.69. The highest BCUT2D eigenvalue weighted by molar-refractivity contribution is 5.71. The molecular weight excluding hydrogens is 182 g/mol. The van der Waals surface area contributed by atoms with Crippen molar-refractivity contribution >= 4 is 5.97 Å². The Morgan fingerprint density at radius 2 is 2.36 bits per heavy atom. The molecule has 0 amide bonds. The second-order valence-electron chi connectivity index (χ2n) is 3.30. The van der Waals surface area contributed by atoms with Crippen LogP contribution >= 0.6 is 0 Å². The molecule has 0 bridgehead atoms. The first-order chi connectivity index (χ1) is 6.63. The van der Waals surface area contributed by atoms with Gasteiger partial charge in [-0.3, -0.25) is 4.79 Å². The quantitative estimate of drug-likeness (QED) is 0.692. The molecule has 0 fully saturated rings. The van der Waals surface area contributed by atoms with Crippen molar-refractivity contribution in [2.24, 2.45) is 0 Å². The number of esters is 1. The predicted octanol–water partition coefficient (Wildman–Crippen LogP) is 1.90. The van der Waals surface area contributed by atoms with Gasteiger partial charge in [-0.15, -0.1) is 0 Å². The van der Waals surface area contributed by atoms with E-state index < -0.39 is 0 Å². The van der Waals surface area contributed by atoms with E-state index in [4.69, 9.17) is 9.15 Å². The van der Waals surface area contributed by atoms with Crippen LogP contribution in [-0.4, -0.2) is 17.6 Å². The normalized spacial score (nSPS) is 10.6. The van der Waals surface area contributed by atoms with E-state index in [1.165, 1.54) is 0 Å². The van der Waals surface area contributed by atoms with Gasteiger partial charge in [-0.2, -0.15) is 0 Å². The second-order valence-corrected chi connectivity index (χ2v) is 3.30. The standard InChI is InChI=1S/C10H15NO3/c1-4-13-10(12)5-9-11-8(6-14-9)7(2)3/h6-7H,4-5H2,1-3H3. The van der Waals surface area contributed by atoms with Gasteiger partial charge in [0.2, 0.25) is 5.89 Å². The van der Waals surface area contributed by atoms with E-state index in [-0.39, 0.29) is 12.4 Å². The van der Waals surface area contributed by atoms with Gasteiger partial charge < -0.3 is 9.15 Å². The summed E-state index contributed by atoms with van der Waals surface area (Å²) in [6.45, 7) is 6.20. The van der Waals surface area contributed by atoms with Crippen LogP contribution in [0, 0.1) is 0 Å². The van der Waals surface area contributed by atoms with Gasteiger partial charge in [0.05, 0.1) is 12.3 Å². The van der Waals surface area contributed by atoms with Gasteiger partial charge in [-0.05, 0) is 12.8 Å². The topological polar surface area (TPSA) is 52.3 Å². The third kappa shape index (κ3) is 2.87. The summed E-state index contributed by atoms with van der Waals surface area (Å²) in [5, 5.41) is 0. The van der Waals surface area contributed by atoms with Crippen LogP contribution < -0.4 is 0 Å². The summed E-state index contributed by atoms with van der Waals surface area (Å²) < 4.78 is 9.91. The van der Waals surface area contributed by atoms with Crippen molar-refractivity contribution in [1.82, 2.24) is 4.98 Å². The van der Waals surface area contributed by atoms with E-state index in [0.29, 0.717) is 18.4 Å². The first-order valence-corrected chi connectivity index (χ1v) is 4.73. The van der Waals surface area contributed by atoms with Gasteiger partial charge in [-0.25, -0.2) is 4.98 Å². The van der Waals surface area contributed by atoms with Crippen molar-refractivity contribution in [3.05, 3.63) is 17.8 Å². The highest BCUT2D eigenvalue weighted by Gasteiger charge is 2.11. The van der Waals surface area contributed by atoms with E-state index in [0.717, 1.165) is 5.69 Å². The molecule has 4 heteroatoms. The molecule has 0 aliphatic rings. The molecule has 0 N–H and O–H groups in total. The minimum Gasteiger partial charge on any atom is -0.466 e. The number of hydrogen-bond acceptors (Lipinski definition) is 4. The van der Waals surface area contributed by atoms with Crippen molar-refractivity contribution in [2.75, 3.05) is 6.61 Å². The molecule has 0 aliphatic carbocycles. The average molecular weight is 197 g/mol. The summed E-state index contributed by atoms with van der Waals surface area (Å²) in [4.78, 5) is 15.2. The minimum absolute atomic E-state index is 0.112. The Balaban J connectivity index is 2.55. The predicted molar refractivity (Wildman–Crippen MR) is 50.9 cm³/mol. The number of oxazole rings is 1. The summed E-state index contributed by atoms with van der Waals surface area (Å²) in [6, 6.07) is 0. The SMILES string of the molecule is CCOC(=O)Cc1nc(C(C)C)co1. The summed E-state index contributed by atoms with van der Waals surface area (Å²) in [5.74, 6) is 0.437. The molecule has 1 aromatic rings. The highest BCUT2D eigenvalue weighted by atomic mass is 16.5. The van der Waals surface area contributed by atoms with E-state index in [2.05, 4.69) is 4.98 Å². The molecule has 78 valence electrons. The van der Waals surface area contributed by atoms with Crippen LogP contribution in [0.4, 0.5) is 0 Å². The van der Waals surface area contributed by atoms with Crippen molar-refractivity contribution in [2.45, 2.75) is 33.1 Å². The number of carbonyl (C=O) groups excluding carboxylic acids is 1. The molecule has 0 atom stereocenters. The second kappa shape index (κ2) is 4.79. The monoisotopic (exact) mass is 197 g/mol. The van der Waals surface area contributed by atoms with Crippen molar-refractivity contribution in [3.63, 3.8) is 0 Å². The molecule has 14 heavy (non-hydrogen) atoms. The molecule has 1 rings (SSSR count). The zero-order valence-corrected chi connectivity index (χ0v) is 8.74. The molecule has 0 spiro atoms. The lowest BCUT2D eigenvalue weighted by molar-refractivity contribution is -0.142. The van der Waals surface area contributed by atoms with Gasteiger partial charge in [0.1, 0.15) is 12.7 Å². The molecule has 0 saturated heterocycles. The lowest BCUT2D eigenvalue weighted by atomic mass is 10.2. The molecule has 1 aromatic heterocycles. The Morgan fingerprint density at radius 3 is 2.86 bits per heavy atom. The summed E-state index contributed by atoms with van der Waals surface area (Å²) >= 11 is 0. The lowest BCUT2D eigenvalue weighted by Gasteiger charge is -1.97. The Morgan fingerprint density at radius 1 is 1.64 bits per heavy atom. The molecule has 0 saturated carbocycles. The van der Waals surface area contributed by atoms with Crippen LogP contribution in [-0.2, 0) is 16.0 Å². The number of carbonyl (C=O) groups is 1. The molecule has 0 aliphatic heterocycles. The molecule has 4 nitrogen and oxygen atoms in total. The van der Waals surface area contributed by atoms with Gasteiger partial charge in [0.25, 0.3) is 0 Å². The number of hydrogen-bond donors (Lipinski definition) is 0. The van der Waals surface area contributed by atoms with Crippen LogP contribution in [0.1, 0.15) is 38.3 Å². The molecule has 1 heterocycles. The molecule has 0 radical (unpaired) electrons. The van der Waals surface area contributed by atoms with Crippen molar-refractivity contribution in [3.8, 4) is 0 Å². The van der Waals surface area contributed by atoms with E-state index >= 15 is 0 Å². The zero-order chi connectivity index (χ0) is 10.6. The van der Waals surface area contributed by atoms with Gasteiger partial charge in [0.15, 0.2) is 0 Å². The van der Waals surface area contributed by atoms with Gasteiger partial charge >= 0.3 is 5.97 Å². The summed E-state index contributed by atoms with van der Waals surface area (Å²) in [7, 11) is 0. The number of ether oxygens (including phenoxy) is 1. The molecule has 0 unspecified atom stereocenters. The van der Waals surface area contributed by atoms with Crippen molar-refractivity contribution in [1.29, 1.82) is 0 Å². The fraction of sp³-hybridized carbons (Fsp3) is 0.600. The van der Waals surface area contributed by atoms with E-state index in [1.807, 2.05) is 13.8 Å². The number of aromatic nitrogens is 1. The zero-order valence-electron chi connectivity index (χ0n) is 8.74. The number of nitrogens with zero attached hydrogens (tertiary/aromatic N) is 1. The van der Waals surface area contributed by atoms with Crippen molar-refractivity contribution < 1.29 is 13.9 Å². The Bertz CT molecular complexity index is 304.